The van der Waals surface area contributed by atoms with Crippen molar-refractivity contribution in [1.82, 2.24) is 14.7 Å². The minimum atomic E-state index is 0.0986. The van der Waals surface area contributed by atoms with E-state index in [1.54, 1.807) is 0 Å². The smallest absolute Gasteiger partial charge is 0.222 e. The summed E-state index contributed by atoms with van der Waals surface area (Å²) in [7, 11) is 0. The Kier molecular flexibility index (Phi) is 11.1. The monoisotopic (exact) mass is 429 g/mol. The molecule has 0 aromatic heterocycles. The molecule has 0 spiro atoms. The van der Waals surface area contributed by atoms with Crippen molar-refractivity contribution in [3.05, 3.63) is 35.9 Å². The van der Waals surface area contributed by atoms with Crippen LogP contribution >= 0.6 is 0 Å². The second kappa shape index (κ2) is 13.8. The Morgan fingerprint density at radius 1 is 0.774 bits per heavy atom. The summed E-state index contributed by atoms with van der Waals surface area (Å²) in [6, 6.07) is 10.2. The number of hydrogen-bond acceptors (Lipinski definition) is 3. The fourth-order valence-corrected chi connectivity index (χ4v) is 4.06. The number of carbonyl (C=O) groups is 3. The van der Waals surface area contributed by atoms with Gasteiger partial charge in [0.1, 0.15) is 0 Å². The van der Waals surface area contributed by atoms with Gasteiger partial charge in [-0.1, -0.05) is 44.2 Å². The summed E-state index contributed by atoms with van der Waals surface area (Å²) in [4.78, 5) is 42.9. The Morgan fingerprint density at radius 3 is 1.81 bits per heavy atom. The molecule has 0 aliphatic carbocycles. The normalized spacial score (nSPS) is 13.9. The van der Waals surface area contributed by atoms with E-state index in [0.717, 1.165) is 38.8 Å². The van der Waals surface area contributed by atoms with Crippen LogP contribution in [0.1, 0.15) is 64.4 Å². The lowest BCUT2D eigenvalue weighted by Crippen LogP contribution is -2.50. The molecule has 0 atom stereocenters. The van der Waals surface area contributed by atoms with Gasteiger partial charge < -0.3 is 14.7 Å². The van der Waals surface area contributed by atoms with Gasteiger partial charge in [-0.2, -0.15) is 0 Å². The molecule has 6 nitrogen and oxygen atoms in total. The fourth-order valence-electron chi connectivity index (χ4n) is 4.06. The molecule has 1 aromatic rings. The first-order valence-corrected chi connectivity index (χ1v) is 11.9. The zero-order valence-electron chi connectivity index (χ0n) is 19.4. The molecule has 1 aromatic carbocycles. The summed E-state index contributed by atoms with van der Waals surface area (Å²) in [5.74, 6) is 0.435. The molecule has 2 rings (SSSR count). The minimum Gasteiger partial charge on any atom is -0.343 e. The lowest BCUT2D eigenvalue weighted by molar-refractivity contribution is -0.140. The lowest BCUT2D eigenvalue weighted by Gasteiger charge is -2.35. The van der Waals surface area contributed by atoms with E-state index in [1.807, 2.05) is 32.9 Å². The van der Waals surface area contributed by atoms with E-state index >= 15 is 0 Å². The van der Waals surface area contributed by atoms with Crippen molar-refractivity contribution < 1.29 is 14.4 Å². The largest absolute Gasteiger partial charge is 0.343 e. The van der Waals surface area contributed by atoms with Gasteiger partial charge >= 0.3 is 0 Å². The van der Waals surface area contributed by atoms with Gasteiger partial charge in [-0.15, -0.1) is 0 Å². The highest BCUT2D eigenvalue weighted by Crippen LogP contribution is 2.11. The molecule has 0 unspecified atom stereocenters. The second-order valence-electron chi connectivity index (χ2n) is 8.34. The van der Waals surface area contributed by atoms with Gasteiger partial charge in [0.2, 0.25) is 17.7 Å². The molecule has 6 heteroatoms. The molecule has 1 heterocycles. The number of benzene rings is 1. The molecular weight excluding hydrogens is 390 g/mol. The van der Waals surface area contributed by atoms with Gasteiger partial charge in [0, 0.05) is 58.5 Å². The van der Waals surface area contributed by atoms with Crippen LogP contribution in [0, 0.1) is 0 Å². The maximum absolute atomic E-state index is 12.5. The van der Waals surface area contributed by atoms with Crippen LogP contribution in [0.15, 0.2) is 30.3 Å². The highest BCUT2D eigenvalue weighted by molar-refractivity contribution is 5.80. The van der Waals surface area contributed by atoms with Crippen molar-refractivity contribution in [1.29, 1.82) is 0 Å². The Morgan fingerprint density at radius 2 is 1.29 bits per heavy atom. The molecule has 31 heavy (non-hydrogen) atoms. The second-order valence-corrected chi connectivity index (χ2v) is 8.34. The van der Waals surface area contributed by atoms with E-state index in [9.17, 15) is 14.4 Å². The minimum absolute atomic E-state index is 0.0986. The number of carbonyl (C=O) groups excluding carboxylic acids is 3. The summed E-state index contributed by atoms with van der Waals surface area (Å²) < 4.78 is 0. The predicted molar refractivity (Wildman–Crippen MR) is 124 cm³/mol. The fraction of sp³-hybridized carbons (Fsp3) is 0.640. The van der Waals surface area contributed by atoms with Crippen molar-refractivity contribution in [2.75, 3.05) is 39.3 Å². The molecule has 0 saturated carbocycles. The van der Waals surface area contributed by atoms with E-state index in [4.69, 9.17) is 0 Å². The number of amides is 3. The van der Waals surface area contributed by atoms with E-state index in [2.05, 4.69) is 26.0 Å². The average molecular weight is 430 g/mol. The van der Waals surface area contributed by atoms with E-state index in [1.165, 1.54) is 5.56 Å². The third kappa shape index (κ3) is 8.72. The van der Waals surface area contributed by atoms with Gasteiger partial charge in [-0.3, -0.25) is 14.4 Å². The highest BCUT2D eigenvalue weighted by Gasteiger charge is 2.24. The van der Waals surface area contributed by atoms with Crippen LogP contribution in [0.2, 0.25) is 0 Å². The van der Waals surface area contributed by atoms with Crippen molar-refractivity contribution in [2.24, 2.45) is 0 Å². The molecule has 0 N–H and O–H groups in total. The molecule has 0 bridgehead atoms. The number of rotatable bonds is 12. The Balaban J connectivity index is 1.63. The molecule has 1 aliphatic rings. The van der Waals surface area contributed by atoms with Gasteiger partial charge in [-0.25, -0.2) is 0 Å². The summed E-state index contributed by atoms with van der Waals surface area (Å²) >= 11 is 0. The van der Waals surface area contributed by atoms with Crippen LogP contribution in [0.5, 0.6) is 0 Å². The van der Waals surface area contributed by atoms with Crippen LogP contribution in [0.25, 0.3) is 0 Å². The topological polar surface area (TPSA) is 60.9 Å². The molecule has 0 radical (unpaired) electrons. The van der Waals surface area contributed by atoms with Crippen LogP contribution in [-0.4, -0.2) is 71.7 Å². The van der Waals surface area contributed by atoms with Crippen LogP contribution < -0.4 is 0 Å². The van der Waals surface area contributed by atoms with Gasteiger partial charge in [0.25, 0.3) is 0 Å². The molecule has 172 valence electrons. The number of hydrogen-bond donors (Lipinski definition) is 0. The molecule has 1 aliphatic heterocycles. The van der Waals surface area contributed by atoms with Crippen molar-refractivity contribution in [3.8, 4) is 0 Å². The Bertz CT molecular complexity index is 679. The summed E-state index contributed by atoms with van der Waals surface area (Å²) in [5, 5.41) is 0. The van der Waals surface area contributed by atoms with Gasteiger partial charge in [0.05, 0.1) is 0 Å². The predicted octanol–water partition coefficient (Wildman–Crippen LogP) is 3.50. The van der Waals surface area contributed by atoms with Crippen molar-refractivity contribution in [2.45, 2.75) is 65.2 Å². The maximum atomic E-state index is 12.5. The van der Waals surface area contributed by atoms with Crippen LogP contribution in [0.4, 0.5) is 0 Å². The quantitative estimate of drug-likeness (QED) is 0.511. The van der Waals surface area contributed by atoms with E-state index in [0.29, 0.717) is 51.9 Å². The zero-order valence-corrected chi connectivity index (χ0v) is 19.4. The van der Waals surface area contributed by atoms with Gasteiger partial charge in [-0.05, 0) is 37.7 Å². The molecule has 1 fully saturated rings. The maximum Gasteiger partial charge on any atom is 0.222 e. The third-order valence-corrected chi connectivity index (χ3v) is 5.81. The average Bonchev–Trinajstić information content (AvgIpc) is 2.79. The zero-order chi connectivity index (χ0) is 22.5. The third-order valence-electron chi connectivity index (χ3n) is 5.81. The first-order valence-electron chi connectivity index (χ1n) is 11.9. The SMILES string of the molecule is CCCN(CCC)C(=O)CCCC(=O)N1CCN(C(=O)CCCc2ccccc2)CC1. The first-order chi connectivity index (χ1) is 15.0. The molecule has 3 amide bonds. The Hall–Kier alpha value is -2.37. The Labute approximate surface area is 187 Å². The van der Waals surface area contributed by atoms with Gasteiger partial charge in [0.15, 0.2) is 0 Å². The van der Waals surface area contributed by atoms with Crippen LogP contribution in [0.3, 0.4) is 0 Å². The first kappa shape index (κ1) is 24.9. The van der Waals surface area contributed by atoms with Crippen molar-refractivity contribution >= 4 is 17.7 Å². The standard InChI is InChI=1S/C25H39N3O3/c1-3-16-26(17-4-2)23(29)14-9-15-25(31)28-20-18-27(19-21-28)24(30)13-8-12-22-10-6-5-7-11-22/h5-7,10-11H,3-4,8-9,12-21H2,1-2H3. The number of piperazine rings is 1. The highest BCUT2D eigenvalue weighted by atomic mass is 16.2. The number of nitrogens with zero attached hydrogens (tertiary/aromatic N) is 3. The summed E-state index contributed by atoms with van der Waals surface area (Å²) in [5.41, 5.74) is 1.26. The van der Waals surface area contributed by atoms with Crippen LogP contribution in [-0.2, 0) is 20.8 Å². The molecular formula is C25H39N3O3. The summed E-state index contributed by atoms with van der Waals surface area (Å²) in [6.07, 6.45) is 5.67. The van der Waals surface area contributed by atoms with E-state index in [-0.39, 0.29) is 17.7 Å². The lowest BCUT2D eigenvalue weighted by atomic mass is 10.1. The summed E-state index contributed by atoms with van der Waals surface area (Å²) in [6.45, 7) is 8.14. The van der Waals surface area contributed by atoms with Crippen molar-refractivity contribution in [3.63, 3.8) is 0 Å². The number of aryl methyl sites for hydroxylation is 1. The molecule has 1 saturated heterocycles. The van der Waals surface area contributed by atoms with E-state index < -0.39 is 0 Å².